The third kappa shape index (κ3) is 3.47. The van der Waals surface area contributed by atoms with Gasteiger partial charge in [0.2, 0.25) is 0 Å². The van der Waals surface area contributed by atoms with Gasteiger partial charge in [-0.15, -0.1) is 12.4 Å². The minimum atomic E-state index is -0.875. The zero-order valence-electron chi connectivity index (χ0n) is 11.5. The van der Waals surface area contributed by atoms with Crippen LogP contribution in [0, 0.1) is 11.7 Å². The summed E-state index contributed by atoms with van der Waals surface area (Å²) in [5.41, 5.74) is 5.43. The Morgan fingerprint density at radius 2 is 2.05 bits per heavy atom. The first-order valence-electron chi connectivity index (χ1n) is 6.57. The van der Waals surface area contributed by atoms with Gasteiger partial charge in [-0.2, -0.15) is 0 Å². The molecule has 0 bridgehead atoms. The number of aliphatic hydroxyl groups is 1. The van der Waals surface area contributed by atoms with Crippen molar-refractivity contribution in [1.29, 1.82) is 0 Å². The van der Waals surface area contributed by atoms with Gasteiger partial charge in [0.25, 0.3) is 0 Å². The molecule has 108 valence electrons. The summed E-state index contributed by atoms with van der Waals surface area (Å²) in [7, 11) is 0. The highest BCUT2D eigenvalue weighted by Gasteiger charge is 2.47. The van der Waals surface area contributed by atoms with Crippen molar-refractivity contribution in [1.82, 2.24) is 0 Å². The van der Waals surface area contributed by atoms with Gasteiger partial charge in [-0.05, 0) is 38.3 Å². The monoisotopic (exact) mass is 287 g/mol. The number of rotatable bonds is 3. The van der Waals surface area contributed by atoms with Crippen LogP contribution in [0.15, 0.2) is 24.3 Å². The fourth-order valence-corrected chi connectivity index (χ4v) is 3.30. The van der Waals surface area contributed by atoms with E-state index in [1.165, 1.54) is 6.07 Å². The molecule has 0 spiro atoms. The van der Waals surface area contributed by atoms with Crippen molar-refractivity contribution in [3.8, 4) is 0 Å². The van der Waals surface area contributed by atoms with Gasteiger partial charge in [-0.25, -0.2) is 4.39 Å². The van der Waals surface area contributed by atoms with Gasteiger partial charge in [-0.1, -0.05) is 24.6 Å². The van der Waals surface area contributed by atoms with E-state index in [1.807, 2.05) is 13.8 Å². The topological polar surface area (TPSA) is 46.2 Å². The fraction of sp³-hybridized carbons (Fsp3) is 0.600. The van der Waals surface area contributed by atoms with Crippen molar-refractivity contribution in [2.24, 2.45) is 11.7 Å². The van der Waals surface area contributed by atoms with Crippen molar-refractivity contribution in [3.05, 3.63) is 35.6 Å². The first-order chi connectivity index (χ1) is 8.33. The Morgan fingerprint density at radius 3 is 2.63 bits per heavy atom. The molecule has 19 heavy (non-hydrogen) atoms. The van der Waals surface area contributed by atoms with Crippen LogP contribution in [0.2, 0.25) is 0 Å². The number of benzene rings is 1. The summed E-state index contributed by atoms with van der Waals surface area (Å²) >= 11 is 0. The van der Waals surface area contributed by atoms with Gasteiger partial charge in [0.1, 0.15) is 5.82 Å². The molecule has 1 aromatic rings. The summed E-state index contributed by atoms with van der Waals surface area (Å²) in [6.45, 7) is 3.88. The van der Waals surface area contributed by atoms with Crippen LogP contribution >= 0.6 is 12.4 Å². The van der Waals surface area contributed by atoms with Crippen LogP contribution in [-0.4, -0.2) is 16.2 Å². The zero-order chi connectivity index (χ0) is 13.4. The van der Waals surface area contributed by atoms with Crippen LogP contribution in [0.5, 0.6) is 0 Å². The van der Waals surface area contributed by atoms with Crippen LogP contribution in [0.1, 0.15) is 38.7 Å². The second kappa shape index (κ2) is 5.78. The van der Waals surface area contributed by atoms with E-state index < -0.39 is 11.1 Å². The highest BCUT2D eigenvalue weighted by atomic mass is 35.5. The van der Waals surface area contributed by atoms with E-state index in [2.05, 4.69) is 0 Å². The van der Waals surface area contributed by atoms with Gasteiger partial charge >= 0.3 is 0 Å². The number of nitrogens with two attached hydrogens (primary N) is 1. The lowest BCUT2D eigenvalue weighted by Gasteiger charge is -2.39. The van der Waals surface area contributed by atoms with E-state index in [-0.39, 0.29) is 24.1 Å². The number of hydrogen-bond donors (Lipinski definition) is 2. The Bertz CT molecular complexity index is 432. The van der Waals surface area contributed by atoms with Crippen molar-refractivity contribution in [3.63, 3.8) is 0 Å². The predicted molar refractivity (Wildman–Crippen MR) is 77.9 cm³/mol. The maximum Gasteiger partial charge on any atom is 0.126 e. The molecule has 4 heteroatoms. The quantitative estimate of drug-likeness (QED) is 0.897. The number of halogens is 2. The molecule has 0 radical (unpaired) electrons. The van der Waals surface area contributed by atoms with Crippen molar-refractivity contribution < 1.29 is 9.50 Å². The molecule has 2 nitrogen and oxygen atoms in total. The maximum absolute atomic E-state index is 13.7. The Morgan fingerprint density at radius 1 is 1.42 bits per heavy atom. The molecule has 2 unspecified atom stereocenters. The lowest BCUT2D eigenvalue weighted by atomic mass is 9.75. The van der Waals surface area contributed by atoms with E-state index in [4.69, 9.17) is 5.73 Å². The molecular weight excluding hydrogens is 265 g/mol. The van der Waals surface area contributed by atoms with Crippen LogP contribution in [0.25, 0.3) is 0 Å². The van der Waals surface area contributed by atoms with Crippen LogP contribution < -0.4 is 5.73 Å². The normalized spacial score (nSPS) is 27.1. The standard InChI is InChI=1S/C15H22FNO.ClH/c1-14(2,17)13-8-5-9-15(13,18)10-11-6-3-4-7-12(11)16;/h3-4,6-7,13,18H,5,8-10,17H2,1-2H3;1H. The minimum Gasteiger partial charge on any atom is -0.389 e. The Kier molecular flexibility index (Phi) is 4.99. The largest absolute Gasteiger partial charge is 0.389 e. The zero-order valence-corrected chi connectivity index (χ0v) is 12.3. The molecule has 1 aliphatic carbocycles. The summed E-state index contributed by atoms with van der Waals surface area (Å²) in [6.07, 6.45) is 2.92. The van der Waals surface area contributed by atoms with Crippen molar-refractivity contribution in [2.75, 3.05) is 0 Å². The predicted octanol–water partition coefficient (Wildman–Crippen LogP) is 3.06. The minimum absolute atomic E-state index is 0. The number of hydrogen-bond acceptors (Lipinski definition) is 2. The van der Waals surface area contributed by atoms with Gasteiger partial charge in [0.05, 0.1) is 5.60 Å². The van der Waals surface area contributed by atoms with E-state index in [0.29, 0.717) is 18.4 Å². The van der Waals surface area contributed by atoms with Crippen molar-refractivity contribution >= 4 is 12.4 Å². The lowest BCUT2D eigenvalue weighted by molar-refractivity contribution is -0.0220. The van der Waals surface area contributed by atoms with Gasteiger partial charge < -0.3 is 10.8 Å². The van der Waals surface area contributed by atoms with E-state index in [9.17, 15) is 9.50 Å². The van der Waals surface area contributed by atoms with Crippen LogP contribution in [0.4, 0.5) is 4.39 Å². The van der Waals surface area contributed by atoms with Crippen molar-refractivity contribution in [2.45, 2.75) is 50.7 Å². The van der Waals surface area contributed by atoms with Gasteiger partial charge in [0.15, 0.2) is 0 Å². The molecule has 0 saturated heterocycles. The summed E-state index contributed by atoms with van der Waals surface area (Å²) in [5, 5.41) is 10.8. The molecule has 3 N–H and O–H groups in total. The summed E-state index contributed by atoms with van der Waals surface area (Å²) in [5.74, 6) is -0.226. The molecule has 1 saturated carbocycles. The smallest absolute Gasteiger partial charge is 0.126 e. The summed E-state index contributed by atoms with van der Waals surface area (Å²) in [6, 6.07) is 6.66. The highest BCUT2D eigenvalue weighted by Crippen LogP contribution is 2.43. The first-order valence-corrected chi connectivity index (χ1v) is 6.57. The molecule has 1 aromatic carbocycles. The Labute approximate surface area is 120 Å². The maximum atomic E-state index is 13.7. The molecule has 2 rings (SSSR count). The average molecular weight is 288 g/mol. The highest BCUT2D eigenvalue weighted by molar-refractivity contribution is 5.85. The molecule has 0 aromatic heterocycles. The Balaban J connectivity index is 0.00000180. The van der Waals surface area contributed by atoms with Gasteiger partial charge in [-0.3, -0.25) is 0 Å². The fourth-order valence-electron chi connectivity index (χ4n) is 3.30. The third-order valence-corrected chi connectivity index (χ3v) is 4.10. The first kappa shape index (κ1) is 16.4. The third-order valence-electron chi connectivity index (χ3n) is 4.10. The SMILES string of the molecule is CC(C)(N)C1CCCC1(O)Cc1ccccc1F.Cl. The second-order valence-corrected chi connectivity index (χ2v) is 6.14. The van der Waals surface area contributed by atoms with E-state index in [1.54, 1.807) is 18.2 Å². The second-order valence-electron chi connectivity index (χ2n) is 6.14. The molecule has 2 atom stereocenters. The molecule has 0 amide bonds. The molecule has 0 heterocycles. The van der Waals surface area contributed by atoms with Crippen LogP contribution in [-0.2, 0) is 6.42 Å². The van der Waals surface area contributed by atoms with Crippen LogP contribution in [0.3, 0.4) is 0 Å². The summed E-state index contributed by atoms with van der Waals surface area (Å²) < 4.78 is 13.7. The Hall–Kier alpha value is -0.640. The molecule has 1 aliphatic rings. The van der Waals surface area contributed by atoms with E-state index >= 15 is 0 Å². The summed E-state index contributed by atoms with van der Waals surface area (Å²) in [4.78, 5) is 0. The molecule has 1 fully saturated rings. The molecular formula is C15H23ClFNO. The lowest BCUT2D eigenvalue weighted by Crippen LogP contribution is -2.52. The average Bonchev–Trinajstić information content (AvgIpc) is 2.63. The molecule has 0 aliphatic heterocycles. The van der Waals surface area contributed by atoms with E-state index in [0.717, 1.165) is 12.8 Å². The van der Waals surface area contributed by atoms with Gasteiger partial charge in [0, 0.05) is 17.9 Å².